The minimum atomic E-state index is -0.294. The van der Waals surface area contributed by atoms with Gasteiger partial charge in [0.1, 0.15) is 0 Å². The second-order valence-electron chi connectivity index (χ2n) is 3.99. The molecule has 0 amide bonds. The van der Waals surface area contributed by atoms with Gasteiger partial charge in [-0.2, -0.15) is 0 Å². The maximum absolute atomic E-state index is 9.12. The fourth-order valence-electron chi connectivity index (χ4n) is 1.42. The Labute approximate surface area is 108 Å². The summed E-state index contributed by atoms with van der Waals surface area (Å²) < 4.78 is 0. The molecule has 2 nitrogen and oxygen atoms in total. The van der Waals surface area contributed by atoms with Crippen LogP contribution >= 0.6 is 24.0 Å². The zero-order chi connectivity index (χ0) is 11.3. The van der Waals surface area contributed by atoms with E-state index in [1.54, 1.807) is 6.92 Å². The minimum absolute atomic E-state index is 0. The van der Waals surface area contributed by atoms with Crippen LogP contribution in [0.4, 0.5) is 0 Å². The molecule has 1 aromatic carbocycles. The maximum atomic E-state index is 9.12. The van der Waals surface area contributed by atoms with Gasteiger partial charge in [-0.05, 0) is 38.0 Å². The molecule has 4 heteroatoms. The Balaban J connectivity index is 0.00000225. The third-order valence-corrected chi connectivity index (χ3v) is 2.47. The third-order valence-electron chi connectivity index (χ3n) is 2.22. The van der Waals surface area contributed by atoms with E-state index in [0.29, 0.717) is 12.6 Å². The molecule has 1 aromatic rings. The molecule has 0 saturated carbocycles. The molecule has 0 aliphatic carbocycles. The molecule has 0 spiro atoms. The van der Waals surface area contributed by atoms with Crippen LogP contribution in [0.2, 0.25) is 5.02 Å². The number of rotatable bonds is 5. The van der Waals surface area contributed by atoms with Crippen LogP contribution in [0.25, 0.3) is 0 Å². The van der Waals surface area contributed by atoms with Gasteiger partial charge in [0.15, 0.2) is 0 Å². The van der Waals surface area contributed by atoms with Crippen LogP contribution in [0.5, 0.6) is 0 Å². The van der Waals surface area contributed by atoms with Gasteiger partial charge >= 0.3 is 0 Å². The lowest BCUT2D eigenvalue weighted by Crippen LogP contribution is -2.33. The normalized spacial score (nSPS) is 14.0. The van der Waals surface area contributed by atoms with E-state index in [-0.39, 0.29) is 18.5 Å². The summed E-state index contributed by atoms with van der Waals surface area (Å²) in [5, 5.41) is 13.2. The minimum Gasteiger partial charge on any atom is -0.392 e. The van der Waals surface area contributed by atoms with Gasteiger partial charge in [0.25, 0.3) is 0 Å². The van der Waals surface area contributed by atoms with Crippen LogP contribution in [-0.4, -0.2) is 23.8 Å². The number of nitrogens with one attached hydrogen (secondary N) is 1. The molecular formula is C12H19Cl2NO. The average Bonchev–Trinajstić information content (AvgIpc) is 2.19. The predicted molar refractivity (Wildman–Crippen MR) is 71.5 cm³/mol. The van der Waals surface area contributed by atoms with Crippen molar-refractivity contribution in [1.29, 1.82) is 0 Å². The van der Waals surface area contributed by atoms with Crippen LogP contribution in [0, 0.1) is 0 Å². The predicted octanol–water partition coefficient (Wildman–Crippen LogP) is 2.66. The molecule has 0 fully saturated rings. The topological polar surface area (TPSA) is 32.3 Å². The van der Waals surface area contributed by atoms with Crippen LogP contribution in [0.15, 0.2) is 24.3 Å². The number of aliphatic hydroxyl groups excluding tert-OH is 1. The summed E-state index contributed by atoms with van der Waals surface area (Å²) in [4.78, 5) is 0. The quantitative estimate of drug-likeness (QED) is 0.857. The number of halogens is 2. The van der Waals surface area contributed by atoms with Crippen molar-refractivity contribution in [3.63, 3.8) is 0 Å². The Kier molecular flexibility index (Phi) is 7.77. The summed E-state index contributed by atoms with van der Waals surface area (Å²) in [6, 6.07) is 8.23. The van der Waals surface area contributed by atoms with Gasteiger partial charge in [0.05, 0.1) is 6.10 Å². The molecule has 1 rings (SSSR count). The van der Waals surface area contributed by atoms with Crippen LogP contribution in [0.1, 0.15) is 19.4 Å². The van der Waals surface area contributed by atoms with Crippen LogP contribution in [0.3, 0.4) is 0 Å². The Morgan fingerprint density at radius 3 is 2.31 bits per heavy atom. The summed E-state index contributed by atoms with van der Waals surface area (Å²) in [7, 11) is 0. The van der Waals surface area contributed by atoms with Crippen LogP contribution < -0.4 is 5.32 Å². The highest BCUT2D eigenvalue weighted by Crippen LogP contribution is 2.10. The zero-order valence-electron chi connectivity index (χ0n) is 9.61. The summed E-state index contributed by atoms with van der Waals surface area (Å²) in [5.74, 6) is 0. The average molecular weight is 264 g/mol. The molecule has 0 heterocycles. The lowest BCUT2D eigenvalue weighted by Gasteiger charge is -2.15. The van der Waals surface area contributed by atoms with Gasteiger partial charge in [-0.15, -0.1) is 12.4 Å². The second-order valence-corrected chi connectivity index (χ2v) is 4.43. The SMILES string of the molecule is CC(O)CNC(C)Cc1ccc(Cl)cc1.Cl. The summed E-state index contributed by atoms with van der Waals surface area (Å²) in [6.07, 6.45) is 0.654. The highest BCUT2D eigenvalue weighted by molar-refractivity contribution is 6.30. The first-order valence-electron chi connectivity index (χ1n) is 5.24. The van der Waals surface area contributed by atoms with Crippen LogP contribution in [-0.2, 0) is 6.42 Å². The van der Waals surface area contributed by atoms with Crippen molar-refractivity contribution in [1.82, 2.24) is 5.32 Å². The molecule has 0 bridgehead atoms. The van der Waals surface area contributed by atoms with Crippen molar-refractivity contribution in [2.75, 3.05) is 6.54 Å². The largest absolute Gasteiger partial charge is 0.392 e. The molecule has 0 saturated heterocycles. The van der Waals surface area contributed by atoms with E-state index in [4.69, 9.17) is 16.7 Å². The van der Waals surface area contributed by atoms with E-state index in [9.17, 15) is 0 Å². The summed E-state index contributed by atoms with van der Waals surface area (Å²) in [5.41, 5.74) is 1.25. The van der Waals surface area contributed by atoms with Gasteiger partial charge < -0.3 is 10.4 Å². The smallest absolute Gasteiger partial charge is 0.0636 e. The molecule has 0 aliphatic rings. The lowest BCUT2D eigenvalue weighted by atomic mass is 10.1. The first-order valence-corrected chi connectivity index (χ1v) is 5.61. The lowest BCUT2D eigenvalue weighted by molar-refractivity contribution is 0.187. The van der Waals surface area contributed by atoms with E-state index in [2.05, 4.69) is 12.2 Å². The first kappa shape index (κ1) is 15.7. The van der Waals surface area contributed by atoms with Gasteiger partial charge in [0, 0.05) is 17.6 Å². The van der Waals surface area contributed by atoms with E-state index in [0.717, 1.165) is 11.4 Å². The van der Waals surface area contributed by atoms with Gasteiger partial charge in [-0.1, -0.05) is 23.7 Å². The van der Waals surface area contributed by atoms with E-state index < -0.39 is 0 Å². The van der Waals surface area contributed by atoms with E-state index >= 15 is 0 Å². The van der Waals surface area contributed by atoms with Gasteiger partial charge in [-0.25, -0.2) is 0 Å². The maximum Gasteiger partial charge on any atom is 0.0636 e. The van der Waals surface area contributed by atoms with Crippen molar-refractivity contribution in [2.24, 2.45) is 0 Å². The fourth-order valence-corrected chi connectivity index (χ4v) is 1.54. The molecule has 2 unspecified atom stereocenters. The van der Waals surface area contributed by atoms with Crippen molar-refractivity contribution in [3.05, 3.63) is 34.9 Å². The molecule has 0 aromatic heterocycles. The Morgan fingerprint density at radius 2 is 1.81 bits per heavy atom. The Bertz CT molecular complexity index is 288. The van der Waals surface area contributed by atoms with Crippen molar-refractivity contribution in [2.45, 2.75) is 32.4 Å². The number of benzene rings is 1. The highest BCUT2D eigenvalue weighted by atomic mass is 35.5. The zero-order valence-corrected chi connectivity index (χ0v) is 11.2. The van der Waals surface area contributed by atoms with Crippen molar-refractivity contribution in [3.8, 4) is 0 Å². The summed E-state index contributed by atoms with van der Waals surface area (Å²) >= 11 is 5.80. The molecule has 2 N–H and O–H groups in total. The second kappa shape index (κ2) is 7.91. The molecule has 0 aliphatic heterocycles. The van der Waals surface area contributed by atoms with Crippen molar-refractivity contribution < 1.29 is 5.11 Å². The first-order chi connectivity index (χ1) is 7.08. The standard InChI is InChI=1S/C12H18ClNO.ClH/c1-9(14-8-10(2)15)7-11-3-5-12(13)6-4-11;/h3-6,9-10,14-15H,7-8H2,1-2H3;1H. The molecule has 92 valence electrons. The van der Waals surface area contributed by atoms with E-state index in [1.807, 2.05) is 24.3 Å². The van der Waals surface area contributed by atoms with Crippen molar-refractivity contribution >= 4 is 24.0 Å². The Morgan fingerprint density at radius 1 is 1.25 bits per heavy atom. The van der Waals surface area contributed by atoms with Gasteiger partial charge in [-0.3, -0.25) is 0 Å². The summed E-state index contributed by atoms with van der Waals surface area (Å²) in [6.45, 7) is 4.52. The molecular weight excluding hydrogens is 245 g/mol. The highest BCUT2D eigenvalue weighted by Gasteiger charge is 2.04. The molecule has 16 heavy (non-hydrogen) atoms. The Hall–Kier alpha value is -0.280. The molecule has 2 atom stereocenters. The number of aliphatic hydroxyl groups is 1. The fraction of sp³-hybridized carbons (Fsp3) is 0.500. The number of hydrogen-bond donors (Lipinski definition) is 2. The van der Waals surface area contributed by atoms with E-state index in [1.165, 1.54) is 5.56 Å². The monoisotopic (exact) mass is 263 g/mol. The van der Waals surface area contributed by atoms with Gasteiger partial charge in [0.2, 0.25) is 0 Å². The molecule has 0 radical (unpaired) electrons. The number of hydrogen-bond acceptors (Lipinski definition) is 2. The third kappa shape index (κ3) is 6.33.